The molecule has 0 aliphatic carbocycles. The molecule has 2 aromatic rings. The number of anilines is 2. The highest BCUT2D eigenvalue weighted by Crippen LogP contribution is 2.24. The normalized spacial score (nSPS) is 9.88. The molecule has 24 heavy (non-hydrogen) atoms. The summed E-state index contributed by atoms with van der Waals surface area (Å²) in [6.07, 6.45) is 7.75. The summed E-state index contributed by atoms with van der Waals surface area (Å²) in [4.78, 5) is 19.6. The summed E-state index contributed by atoms with van der Waals surface area (Å²) >= 11 is 3.31. The number of carbonyl (C=O) groups is 1. The molecule has 0 radical (unpaired) electrons. The molecule has 6 nitrogen and oxygen atoms in total. The van der Waals surface area contributed by atoms with Crippen LogP contribution in [0.15, 0.2) is 34.9 Å². The van der Waals surface area contributed by atoms with Gasteiger partial charge in [0.05, 0.1) is 17.8 Å². The van der Waals surface area contributed by atoms with Crippen molar-refractivity contribution in [2.24, 2.45) is 0 Å². The van der Waals surface area contributed by atoms with Gasteiger partial charge in [-0.1, -0.05) is 18.1 Å². The number of esters is 1. The first-order chi connectivity index (χ1) is 11.6. The van der Waals surface area contributed by atoms with E-state index in [4.69, 9.17) is 11.2 Å². The second-order valence-electron chi connectivity index (χ2n) is 4.74. The highest BCUT2D eigenvalue weighted by molar-refractivity contribution is 9.10. The van der Waals surface area contributed by atoms with Gasteiger partial charge in [-0.15, -0.1) is 6.42 Å². The number of rotatable bonds is 7. The van der Waals surface area contributed by atoms with Crippen LogP contribution in [0.3, 0.4) is 0 Å². The molecule has 0 saturated carbocycles. The fourth-order valence-corrected chi connectivity index (χ4v) is 2.16. The zero-order valence-electron chi connectivity index (χ0n) is 13.1. The summed E-state index contributed by atoms with van der Waals surface area (Å²) in [6.45, 7) is 0.129. The maximum absolute atomic E-state index is 11.1. The topological polar surface area (TPSA) is 73.3 Å². The van der Waals surface area contributed by atoms with Crippen LogP contribution < -0.4 is 10.1 Å². The van der Waals surface area contributed by atoms with E-state index < -0.39 is 0 Å². The molecule has 124 valence electrons. The molecule has 0 fully saturated rings. The summed E-state index contributed by atoms with van der Waals surface area (Å²) in [5.41, 5.74) is 1.86. The first-order valence-electron chi connectivity index (χ1n) is 7.14. The van der Waals surface area contributed by atoms with E-state index in [0.717, 1.165) is 11.3 Å². The summed E-state index contributed by atoms with van der Waals surface area (Å²) in [5.74, 6) is 2.93. The Morgan fingerprint density at radius 3 is 2.79 bits per heavy atom. The highest BCUT2D eigenvalue weighted by Gasteiger charge is 2.07. The third kappa shape index (κ3) is 5.25. The fraction of sp³-hybridized carbons (Fsp3) is 0.235. The Kier molecular flexibility index (Phi) is 6.58. The van der Waals surface area contributed by atoms with E-state index in [-0.39, 0.29) is 12.6 Å². The Balaban J connectivity index is 2.01. The molecule has 0 saturated heterocycles. The zero-order valence-corrected chi connectivity index (χ0v) is 14.7. The number of benzene rings is 1. The van der Waals surface area contributed by atoms with Crippen molar-refractivity contribution < 1.29 is 14.3 Å². The molecule has 7 heteroatoms. The Morgan fingerprint density at radius 2 is 2.12 bits per heavy atom. The van der Waals surface area contributed by atoms with Gasteiger partial charge in [-0.2, -0.15) is 4.98 Å². The largest absolute Gasteiger partial charge is 0.469 e. The number of methoxy groups -OCH3 is 1. The molecule has 1 aromatic carbocycles. The third-order valence-electron chi connectivity index (χ3n) is 3.06. The standard InChI is InChI=1S/C17H16BrN3O3/c1-3-10-24-16-14(18)11-19-17(21-16)20-13-7-4-12(5-8-13)6-9-15(22)23-2/h1,4-5,7-8,11H,6,9-10H2,2H3,(H,19,20,21). The maximum atomic E-state index is 11.1. The Morgan fingerprint density at radius 1 is 1.38 bits per heavy atom. The molecule has 0 unspecified atom stereocenters. The number of halogens is 1. The summed E-state index contributed by atoms with van der Waals surface area (Å²) in [7, 11) is 1.38. The lowest BCUT2D eigenvalue weighted by Gasteiger charge is -2.09. The Labute approximate surface area is 148 Å². The molecule has 0 atom stereocenters. The van der Waals surface area contributed by atoms with Gasteiger partial charge in [0.15, 0.2) is 6.61 Å². The maximum Gasteiger partial charge on any atom is 0.305 e. The number of hydrogen-bond acceptors (Lipinski definition) is 6. The van der Waals surface area contributed by atoms with E-state index in [0.29, 0.717) is 29.1 Å². The van der Waals surface area contributed by atoms with Crippen LogP contribution in [0.2, 0.25) is 0 Å². The number of carbonyl (C=O) groups excluding carboxylic acids is 1. The van der Waals surface area contributed by atoms with Crippen LogP contribution in [0, 0.1) is 12.3 Å². The van der Waals surface area contributed by atoms with Crippen molar-refractivity contribution in [2.45, 2.75) is 12.8 Å². The molecular formula is C17H16BrN3O3. The second-order valence-corrected chi connectivity index (χ2v) is 5.59. The van der Waals surface area contributed by atoms with Crippen LogP contribution >= 0.6 is 15.9 Å². The van der Waals surface area contributed by atoms with Gasteiger partial charge in [0.2, 0.25) is 11.8 Å². The molecule has 0 spiro atoms. The SMILES string of the molecule is C#CCOc1nc(Nc2ccc(CCC(=O)OC)cc2)ncc1Br. The molecule has 0 aliphatic heterocycles. The van der Waals surface area contributed by atoms with Gasteiger partial charge in [0.25, 0.3) is 0 Å². The van der Waals surface area contributed by atoms with Crippen LogP contribution in [0.4, 0.5) is 11.6 Å². The summed E-state index contributed by atoms with van der Waals surface area (Å²) < 4.78 is 10.6. The number of terminal acetylenes is 1. The van der Waals surface area contributed by atoms with Crippen LogP contribution in [0.1, 0.15) is 12.0 Å². The van der Waals surface area contributed by atoms with Crippen LogP contribution in [0.5, 0.6) is 5.88 Å². The monoisotopic (exact) mass is 389 g/mol. The smallest absolute Gasteiger partial charge is 0.305 e. The predicted molar refractivity (Wildman–Crippen MR) is 94.1 cm³/mol. The van der Waals surface area contributed by atoms with E-state index in [1.807, 2.05) is 24.3 Å². The number of aromatic nitrogens is 2. The van der Waals surface area contributed by atoms with E-state index >= 15 is 0 Å². The summed E-state index contributed by atoms with van der Waals surface area (Å²) in [5, 5.41) is 3.08. The van der Waals surface area contributed by atoms with Crippen LogP contribution in [-0.2, 0) is 16.0 Å². The number of aryl methyl sites for hydroxylation is 1. The summed E-state index contributed by atoms with van der Waals surface area (Å²) in [6, 6.07) is 7.64. The van der Waals surface area contributed by atoms with Crippen molar-refractivity contribution in [1.82, 2.24) is 9.97 Å². The fourth-order valence-electron chi connectivity index (χ4n) is 1.86. The van der Waals surface area contributed by atoms with Crippen LogP contribution in [-0.4, -0.2) is 29.7 Å². The van der Waals surface area contributed by atoms with Crippen molar-refractivity contribution in [3.8, 4) is 18.2 Å². The average molecular weight is 390 g/mol. The van der Waals surface area contributed by atoms with Crippen LogP contribution in [0.25, 0.3) is 0 Å². The van der Waals surface area contributed by atoms with E-state index in [1.165, 1.54) is 7.11 Å². The first-order valence-corrected chi connectivity index (χ1v) is 7.93. The van der Waals surface area contributed by atoms with Crippen molar-refractivity contribution in [1.29, 1.82) is 0 Å². The van der Waals surface area contributed by atoms with Gasteiger partial charge in [0.1, 0.15) is 0 Å². The number of hydrogen-bond donors (Lipinski definition) is 1. The average Bonchev–Trinajstić information content (AvgIpc) is 2.61. The second kappa shape index (κ2) is 8.89. The molecule has 0 aliphatic rings. The molecule has 1 heterocycles. The van der Waals surface area contributed by atoms with Gasteiger partial charge in [-0.25, -0.2) is 4.98 Å². The van der Waals surface area contributed by atoms with Crippen molar-refractivity contribution in [3.63, 3.8) is 0 Å². The zero-order chi connectivity index (χ0) is 17.4. The van der Waals surface area contributed by atoms with Crippen molar-refractivity contribution >= 4 is 33.5 Å². The Hall–Kier alpha value is -2.59. The predicted octanol–water partition coefficient (Wildman–Crippen LogP) is 3.10. The third-order valence-corrected chi connectivity index (χ3v) is 3.60. The van der Waals surface area contributed by atoms with E-state index in [2.05, 4.69) is 41.9 Å². The van der Waals surface area contributed by atoms with Gasteiger partial charge >= 0.3 is 5.97 Å². The molecule has 0 amide bonds. The minimum atomic E-state index is -0.222. The van der Waals surface area contributed by atoms with E-state index in [1.54, 1.807) is 6.20 Å². The number of ether oxygens (including phenoxy) is 2. The lowest BCUT2D eigenvalue weighted by atomic mass is 10.1. The van der Waals surface area contributed by atoms with Crippen molar-refractivity contribution in [3.05, 3.63) is 40.5 Å². The van der Waals surface area contributed by atoms with Gasteiger partial charge < -0.3 is 14.8 Å². The quantitative estimate of drug-likeness (QED) is 0.579. The lowest BCUT2D eigenvalue weighted by Crippen LogP contribution is -2.03. The van der Waals surface area contributed by atoms with Gasteiger partial charge in [-0.05, 0) is 40.0 Å². The van der Waals surface area contributed by atoms with E-state index in [9.17, 15) is 4.79 Å². The molecule has 2 rings (SSSR count). The van der Waals surface area contributed by atoms with Crippen molar-refractivity contribution in [2.75, 3.05) is 19.0 Å². The minimum Gasteiger partial charge on any atom is -0.469 e. The minimum absolute atomic E-state index is 0.129. The van der Waals surface area contributed by atoms with Gasteiger partial charge in [-0.3, -0.25) is 4.79 Å². The van der Waals surface area contributed by atoms with Gasteiger partial charge in [0, 0.05) is 12.1 Å². The first kappa shape index (κ1) is 17.8. The number of nitrogens with one attached hydrogen (secondary N) is 1. The number of nitrogens with zero attached hydrogens (tertiary/aromatic N) is 2. The lowest BCUT2D eigenvalue weighted by molar-refractivity contribution is -0.140. The molecule has 1 N–H and O–H groups in total. The highest BCUT2D eigenvalue weighted by atomic mass is 79.9. The molecular weight excluding hydrogens is 374 g/mol. The molecule has 0 bridgehead atoms. The molecule has 1 aromatic heterocycles. The Bertz CT molecular complexity index is 742.